The van der Waals surface area contributed by atoms with Crippen molar-refractivity contribution in [3.63, 3.8) is 0 Å². The molecule has 4 nitrogen and oxygen atoms in total. The van der Waals surface area contributed by atoms with Gasteiger partial charge in [-0.1, -0.05) is 6.92 Å². The summed E-state index contributed by atoms with van der Waals surface area (Å²) in [5, 5.41) is 3.21. The molecule has 21 heavy (non-hydrogen) atoms. The summed E-state index contributed by atoms with van der Waals surface area (Å²) in [4.78, 5) is 0. The minimum absolute atomic E-state index is 0.418. The van der Waals surface area contributed by atoms with E-state index in [0.29, 0.717) is 17.9 Å². The second kappa shape index (κ2) is 6.75. The minimum atomic E-state index is -3.36. The van der Waals surface area contributed by atoms with Crippen molar-refractivity contribution in [2.24, 2.45) is 0 Å². The molecule has 1 aromatic rings. The van der Waals surface area contributed by atoms with Crippen LogP contribution in [0.5, 0.6) is 5.75 Å². The molecule has 0 heterocycles. The monoisotopic (exact) mass is 317 g/mol. The lowest BCUT2D eigenvalue weighted by Gasteiger charge is -2.34. The maximum Gasteiger partial charge on any atom is 0.154 e. The largest absolute Gasteiger partial charge is 0.496 e. The number of hydrogen-bond donors (Lipinski definition) is 1. The molecule has 0 radical (unpaired) electrons. The van der Waals surface area contributed by atoms with Gasteiger partial charge in [0, 0.05) is 11.8 Å². The highest BCUT2D eigenvalue weighted by atomic mass is 32.2. The highest BCUT2D eigenvalue weighted by Crippen LogP contribution is 2.37. The van der Waals surface area contributed by atoms with Gasteiger partial charge < -0.3 is 10.1 Å². The molecule has 1 unspecified atom stereocenters. The summed E-state index contributed by atoms with van der Waals surface area (Å²) >= 11 is 0. The van der Waals surface area contributed by atoms with Crippen molar-refractivity contribution in [3.8, 4) is 5.75 Å². The number of rotatable bonds is 7. The van der Waals surface area contributed by atoms with E-state index in [2.05, 4.69) is 5.32 Å². The van der Waals surface area contributed by atoms with Gasteiger partial charge in [0.05, 0.1) is 17.9 Å². The third-order valence-electron chi connectivity index (χ3n) is 3.75. The van der Waals surface area contributed by atoms with Crippen molar-refractivity contribution in [2.45, 2.75) is 38.0 Å². The van der Waals surface area contributed by atoms with Crippen molar-refractivity contribution in [3.05, 3.63) is 29.6 Å². The summed E-state index contributed by atoms with van der Waals surface area (Å²) in [6.45, 7) is 5.89. The third-order valence-corrected chi connectivity index (χ3v) is 5.90. The molecule has 0 aliphatic rings. The van der Waals surface area contributed by atoms with E-state index in [4.69, 9.17) is 4.74 Å². The second-order valence-corrected chi connectivity index (χ2v) is 8.25. The fourth-order valence-corrected chi connectivity index (χ4v) is 2.80. The Hall–Kier alpha value is -1.14. The van der Waals surface area contributed by atoms with Crippen LogP contribution < -0.4 is 10.1 Å². The molecule has 0 aliphatic heterocycles. The van der Waals surface area contributed by atoms with Crippen molar-refractivity contribution in [2.75, 3.05) is 19.9 Å². The third kappa shape index (κ3) is 3.95. The molecular weight excluding hydrogens is 293 g/mol. The first-order valence-electron chi connectivity index (χ1n) is 6.91. The smallest absolute Gasteiger partial charge is 0.154 e. The van der Waals surface area contributed by atoms with Crippen LogP contribution in [-0.2, 0) is 9.84 Å². The summed E-state index contributed by atoms with van der Waals surface area (Å²) in [5.74, 6) is 0.0557. The molecule has 1 aromatic carbocycles. The standard InChI is InChI=1S/C15H24FNO3S/c1-6-9-17-14(15(2,3)21(5,18)19)12-10-11(16)7-8-13(12)20-4/h7-8,10,14,17H,6,9H2,1-5H3. The van der Waals surface area contributed by atoms with Crippen LogP contribution in [0.25, 0.3) is 0 Å². The molecule has 1 N–H and O–H groups in total. The van der Waals surface area contributed by atoms with E-state index in [1.54, 1.807) is 13.8 Å². The van der Waals surface area contributed by atoms with Gasteiger partial charge in [-0.3, -0.25) is 0 Å². The highest BCUT2D eigenvalue weighted by Gasteiger charge is 2.41. The second-order valence-electron chi connectivity index (χ2n) is 5.65. The van der Waals surface area contributed by atoms with Crippen LogP contribution in [-0.4, -0.2) is 33.1 Å². The van der Waals surface area contributed by atoms with Gasteiger partial charge in [0.25, 0.3) is 0 Å². The Balaban J connectivity index is 3.42. The van der Waals surface area contributed by atoms with E-state index in [1.165, 1.54) is 31.6 Å². The van der Waals surface area contributed by atoms with Gasteiger partial charge in [-0.05, 0) is 45.0 Å². The van der Waals surface area contributed by atoms with Gasteiger partial charge in [0.2, 0.25) is 0 Å². The van der Waals surface area contributed by atoms with Crippen molar-refractivity contribution < 1.29 is 17.5 Å². The maximum atomic E-state index is 13.6. The quantitative estimate of drug-likeness (QED) is 0.840. The number of halogens is 1. The van der Waals surface area contributed by atoms with Crippen LogP contribution in [0.3, 0.4) is 0 Å². The number of benzene rings is 1. The minimum Gasteiger partial charge on any atom is -0.496 e. The van der Waals surface area contributed by atoms with E-state index in [9.17, 15) is 12.8 Å². The number of ether oxygens (including phenoxy) is 1. The van der Waals surface area contributed by atoms with Gasteiger partial charge in [-0.15, -0.1) is 0 Å². The summed E-state index contributed by atoms with van der Waals surface area (Å²) in [6.07, 6.45) is 2.04. The summed E-state index contributed by atoms with van der Waals surface area (Å²) in [7, 11) is -1.87. The molecule has 0 bridgehead atoms. The number of nitrogens with one attached hydrogen (secondary N) is 1. The molecule has 0 aliphatic carbocycles. The first-order valence-corrected chi connectivity index (χ1v) is 8.80. The molecule has 0 saturated heterocycles. The maximum absolute atomic E-state index is 13.6. The van der Waals surface area contributed by atoms with Gasteiger partial charge in [0.15, 0.2) is 9.84 Å². The van der Waals surface area contributed by atoms with Gasteiger partial charge in [0.1, 0.15) is 11.6 Å². The van der Waals surface area contributed by atoms with Crippen LogP contribution in [0.1, 0.15) is 38.8 Å². The average Bonchev–Trinajstić information content (AvgIpc) is 2.38. The molecule has 1 rings (SSSR count). The summed E-state index contributed by atoms with van der Waals surface area (Å²) in [5.41, 5.74) is 0.515. The Kier molecular flexibility index (Phi) is 5.75. The fraction of sp³-hybridized carbons (Fsp3) is 0.600. The Bertz CT molecular complexity index is 585. The summed E-state index contributed by atoms with van der Waals surface area (Å²) in [6, 6.07) is 3.59. The molecule has 6 heteroatoms. The van der Waals surface area contributed by atoms with E-state index in [-0.39, 0.29) is 0 Å². The number of sulfone groups is 1. The SMILES string of the molecule is CCCNC(c1cc(F)ccc1OC)C(C)(C)S(C)(=O)=O. The molecule has 1 atom stereocenters. The zero-order chi connectivity index (χ0) is 16.3. The molecule has 120 valence electrons. The van der Waals surface area contributed by atoms with Gasteiger partial charge >= 0.3 is 0 Å². The van der Waals surface area contributed by atoms with E-state index in [0.717, 1.165) is 6.42 Å². The first kappa shape index (κ1) is 17.9. The number of hydrogen-bond acceptors (Lipinski definition) is 4. The molecule has 0 amide bonds. The van der Waals surface area contributed by atoms with Crippen LogP contribution >= 0.6 is 0 Å². The topological polar surface area (TPSA) is 55.4 Å². The molecular formula is C15H24FNO3S. The highest BCUT2D eigenvalue weighted by molar-refractivity contribution is 7.92. The average molecular weight is 317 g/mol. The van der Waals surface area contributed by atoms with Crippen LogP contribution in [0.15, 0.2) is 18.2 Å². The van der Waals surface area contributed by atoms with Crippen molar-refractivity contribution in [1.82, 2.24) is 5.32 Å². The Labute approximate surface area is 126 Å². The predicted octanol–water partition coefficient (Wildman–Crippen LogP) is 2.70. The zero-order valence-electron chi connectivity index (χ0n) is 13.2. The van der Waals surface area contributed by atoms with Crippen molar-refractivity contribution in [1.29, 1.82) is 0 Å². The summed E-state index contributed by atoms with van der Waals surface area (Å²) < 4.78 is 42.1. The van der Waals surface area contributed by atoms with E-state index >= 15 is 0 Å². The molecule has 0 spiro atoms. The lowest BCUT2D eigenvalue weighted by atomic mass is 9.94. The lowest BCUT2D eigenvalue weighted by molar-refractivity contribution is 0.374. The van der Waals surface area contributed by atoms with E-state index < -0.39 is 26.4 Å². The Morgan fingerprint density at radius 1 is 1.38 bits per heavy atom. The lowest BCUT2D eigenvalue weighted by Crippen LogP contribution is -2.45. The zero-order valence-corrected chi connectivity index (χ0v) is 14.1. The molecule has 0 aromatic heterocycles. The first-order chi connectivity index (χ1) is 9.65. The van der Waals surface area contributed by atoms with Crippen LogP contribution in [0.2, 0.25) is 0 Å². The van der Waals surface area contributed by atoms with Gasteiger partial charge in [-0.2, -0.15) is 0 Å². The predicted molar refractivity (Wildman–Crippen MR) is 82.9 cm³/mol. The molecule has 0 fully saturated rings. The number of methoxy groups -OCH3 is 1. The van der Waals surface area contributed by atoms with Crippen molar-refractivity contribution >= 4 is 9.84 Å². The van der Waals surface area contributed by atoms with E-state index in [1.807, 2.05) is 6.92 Å². The normalized spacial score (nSPS) is 14.0. The Morgan fingerprint density at radius 3 is 2.48 bits per heavy atom. The van der Waals surface area contributed by atoms with Crippen LogP contribution in [0, 0.1) is 5.82 Å². The fourth-order valence-electron chi connectivity index (χ4n) is 2.16. The van der Waals surface area contributed by atoms with Crippen LogP contribution in [0.4, 0.5) is 4.39 Å². The van der Waals surface area contributed by atoms with Gasteiger partial charge in [-0.25, -0.2) is 12.8 Å². The molecule has 0 saturated carbocycles. The Morgan fingerprint density at radius 2 is 2.00 bits per heavy atom.